The highest BCUT2D eigenvalue weighted by atomic mass is 32.2. The van der Waals surface area contributed by atoms with E-state index in [9.17, 15) is 4.79 Å². The first-order valence-corrected chi connectivity index (χ1v) is 11.5. The number of benzene rings is 2. The van der Waals surface area contributed by atoms with Gasteiger partial charge in [-0.05, 0) is 29.0 Å². The number of carbonyl (C=O) groups is 1. The molecular weight excluding hydrogens is 396 g/mol. The molecular formula is C24H32N2O3S. The molecule has 2 aromatic rings. The lowest BCUT2D eigenvalue weighted by Gasteiger charge is -2.28. The molecule has 1 fully saturated rings. The van der Waals surface area contributed by atoms with E-state index >= 15 is 0 Å². The van der Waals surface area contributed by atoms with E-state index in [0.717, 1.165) is 28.1 Å². The first-order valence-electron chi connectivity index (χ1n) is 10.4. The molecule has 0 aromatic heterocycles. The van der Waals surface area contributed by atoms with E-state index in [0.29, 0.717) is 29.9 Å². The number of carbonyl (C=O) groups excluding carboxylic acids is 1. The Morgan fingerprint density at radius 2 is 1.67 bits per heavy atom. The van der Waals surface area contributed by atoms with Crippen molar-refractivity contribution < 1.29 is 14.3 Å². The topological polar surface area (TPSA) is 50.8 Å². The number of amides is 2. The molecule has 1 aliphatic heterocycles. The number of para-hydroxylation sites is 2. The number of hydrogen-bond acceptors (Lipinski definition) is 4. The van der Waals surface area contributed by atoms with Crippen molar-refractivity contribution in [3.63, 3.8) is 0 Å². The summed E-state index contributed by atoms with van der Waals surface area (Å²) < 4.78 is 11.1. The molecule has 30 heavy (non-hydrogen) atoms. The maximum absolute atomic E-state index is 13.4. The second-order valence-corrected chi connectivity index (χ2v) is 9.24. The normalized spacial score (nSPS) is 16.3. The quantitative estimate of drug-likeness (QED) is 0.592. The first kappa shape index (κ1) is 22.3. The largest absolute Gasteiger partial charge is 0.493 e. The number of urea groups is 1. The molecule has 2 aromatic carbocycles. The van der Waals surface area contributed by atoms with Crippen LogP contribution in [0.3, 0.4) is 0 Å². The van der Waals surface area contributed by atoms with Crippen molar-refractivity contribution in [2.24, 2.45) is 0 Å². The number of ether oxygens (including phenoxy) is 2. The van der Waals surface area contributed by atoms with Crippen LogP contribution in [0.15, 0.2) is 36.4 Å². The third-order valence-corrected chi connectivity index (χ3v) is 6.70. The fourth-order valence-electron chi connectivity index (χ4n) is 3.92. The maximum Gasteiger partial charge on any atom is 0.323 e. The molecule has 1 saturated heterocycles. The zero-order valence-electron chi connectivity index (χ0n) is 18.7. The van der Waals surface area contributed by atoms with Crippen LogP contribution in [0.5, 0.6) is 11.5 Å². The predicted molar refractivity (Wildman–Crippen MR) is 125 cm³/mol. The van der Waals surface area contributed by atoms with Crippen molar-refractivity contribution in [2.75, 3.05) is 31.8 Å². The number of methoxy groups -OCH3 is 2. The minimum Gasteiger partial charge on any atom is -0.493 e. The summed E-state index contributed by atoms with van der Waals surface area (Å²) in [6.07, 6.45) is 0. The molecule has 0 saturated carbocycles. The van der Waals surface area contributed by atoms with Gasteiger partial charge in [0.25, 0.3) is 0 Å². The van der Waals surface area contributed by atoms with E-state index in [1.807, 2.05) is 23.1 Å². The van der Waals surface area contributed by atoms with Crippen molar-refractivity contribution in [2.45, 2.75) is 44.9 Å². The average molecular weight is 429 g/mol. The molecule has 2 amide bonds. The number of nitrogens with zero attached hydrogens (tertiary/aromatic N) is 1. The highest BCUT2D eigenvalue weighted by Crippen LogP contribution is 2.45. The Labute approximate surface area is 184 Å². The fraction of sp³-hybridized carbons (Fsp3) is 0.458. The van der Waals surface area contributed by atoms with Crippen molar-refractivity contribution in [3.05, 3.63) is 53.1 Å². The summed E-state index contributed by atoms with van der Waals surface area (Å²) in [5.41, 5.74) is 4.23. The average Bonchev–Trinajstić information content (AvgIpc) is 3.22. The Balaban J connectivity index is 1.94. The molecule has 1 unspecified atom stereocenters. The summed E-state index contributed by atoms with van der Waals surface area (Å²) in [4.78, 5) is 15.3. The van der Waals surface area contributed by atoms with Gasteiger partial charge in [-0.2, -0.15) is 0 Å². The summed E-state index contributed by atoms with van der Waals surface area (Å²) in [7, 11) is 3.27. The molecule has 0 spiro atoms. The minimum absolute atomic E-state index is 0.0788. The van der Waals surface area contributed by atoms with Crippen LogP contribution in [-0.2, 0) is 0 Å². The molecule has 3 rings (SSSR count). The van der Waals surface area contributed by atoms with E-state index in [1.54, 1.807) is 26.0 Å². The Morgan fingerprint density at radius 3 is 2.23 bits per heavy atom. The monoisotopic (exact) mass is 428 g/mol. The number of anilines is 1. The van der Waals surface area contributed by atoms with Crippen LogP contribution in [-0.4, -0.2) is 37.4 Å². The molecule has 5 nitrogen and oxygen atoms in total. The second kappa shape index (κ2) is 9.65. The second-order valence-electron chi connectivity index (χ2n) is 8.05. The first-order chi connectivity index (χ1) is 14.4. The number of rotatable bonds is 6. The van der Waals surface area contributed by atoms with E-state index in [1.165, 1.54) is 0 Å². The van der Waals surface area contributed by atoms with Gasteiger partial charge in [-0.15, -0.1) is 11.8 Å². The molecule has 1 atom stereocenters. The lowest BCUT2D eigenvalue weighted by atomic mass is 9.93. The maximum atomic E-state index is 13.4. The van der Waals surface area contributed by atoms with Gasteiger partial charge in [0.15, 0.2) is 11.5 Å². The minimum atomic E-state index is -0.122. The molecule has 6 heteroatoms. The lowest BCUT2D eigenvalue weighted by Crippen LogP contribution is -2.35. The number of nitrogens with one attached hydrogen (secondary N) is 1. The van der Waals surface area contributed by atoms with Crippen molar-refractivity contribution in [1.29, 1.82) is 0 Å². The third-order valence-electron chi connectivity index (χ3n) is 5.46. The molecule has 0 bridgehead atoms. The Bertz CT molecular complexity index is 872. The Kier molecular flexibility index (Phi) is 7.19. The number of hydrogen-bond donors (Lipinski definition) is 1. The van der Waals surface area contributed by atoms with Gasteiger partial charge in [0, 0.05) is 23.5 Å². The Morgan fingerprint density at radius 1 is 1.03 bits per heavy atom. The van der Waals surface area contributed by atoms with E-state index in [4.69, 9.17) is 9.47 Å². The van der Waals surface area contributed by atoms with Gasteiger partial charge < -0.3 is 19.7 Å². The molecule has 162 valence electrons. The molecule has 1 aliphatic rings. The van der Waals surface area contributed by atoms with Crippen molar-refractivity contribution in [3.8, 4) is 11.5 Å². The van der Waals surface area contributed by atoms with Gasteiger partial charge in [-0.3, -0.25) is 0 Å². The molecule has 0 radical (unpaired) electrons. The Hall–Kier alpha value is -2.34. The van der Waals surface area contributed by atoms with Gasteiger partial charge in [0.05, 0.1) is 14.2 Å². The van der Waals surface area contributed by atoms with Crippen LogP contribution < -0.4 is 14.8 Å². The summed E-state index contributed by atoms with van der Waals surface area (Å²) in [6.45, 7) is 9.31. The van der Waals surface area contributed by atoms with Crippen LogP contribution in [0.4, 0.5) is 10.5 Å². The van der Waals surface area contributed by atoms with Crippen molar-refractivity contribution >= 4 is 23.5 Å². The van der Waals surface area contributed by atoms with Gasteiger partial charge in [-0.25, -0.2) is 4.79 Å². The lowest BCUT2D eigenvalue weighted by molar-refractivity contribution is 0.213. The summed E-state index contributed by atoms with van der Waals surface area (Å²) in [5.74, 6) is 2.88. The van der Waals surface area contributed by atoms with E-state index in [-0.39, 0.29) is 11.4 Å². The molecule has 1 N–H and O–H groups in total. The van der Waals surface area contributed by atoms with Gasteiger partial charge in [0.1, 0.15) is 5.37 Å². The highest BCUT2D eigenvalue weighted by molar-refractivity contribution is 7.99. The van der Waals surface area contributed by atoms with Crippen molar-refractivity contribution in [1.82, 2.24) is 4.90 Å². The van der Waals surface area contributed by atoms with Crippen LogP contribution in [0.1, 0.15) is 61.6 Å². The molecule has 1 heterocycles. The van der Waals surface area contributed by atoms with Crippen LogP contribution in [0, 0.1) is 0 Å². The zero-order chi connectivity index (χ0) is 21.8. The van der Waals surface area contributed by atoms with Crippen LogP contribution in [0.2, 0.25) is 0 Å². The highest BCUT2D eigenvalue weighted by Gasteiger charge is 2.34. The third kappa shape index (κ3) is 4.38. The SMILES string of the molecule is COc1cccc(C2SCCN2C(=O)Nc2c(C(C)C)cccc2C(C)C)c1OC. The van der Waals surface area contributed by atoms with Gasteiger partial charge in [0.2, 0.25) is 0 Å². The van der Waals surface area contributed by atoms with Crippen LogP contribution >= 0.6 is 11.8 Å². The van der Waals surface area contributed by atoms with Gasteiger partial charge in [-0.1, -0.05) is 58.0 Å². The standard InChI is InChI=1S/C24H32N2O3S/c1-15(2)17-9-7-10-18(16(3)4)21(17)25-24(27)26-13-14-30-23(26)19-11-8-12-20(28-5)22(19)29-6/h7-12,15-16,23H,13-14H2,1-6H3,(H,25,27). The van der Waals surface area contributed by atoms with E-state index < -0.39 is 0 Å². The fourth-order valence-corrected chi connectivity index (χ4v) is 5.19. The summed E-state index contributed by atoms with van der Waals surface area (Å²) in [6, 6.07) is 12.0. The summed E-state index contributed by atoms with van der Waals surface area (Å²) >= 11 is 1.74. The summed E-state index contributed by atoms with van der Waals surface area (Å²) in [5, 5.41) is 3.13. The van der Waals surface area contributed by atoms with Gasteiger partial charge >= 0.3 is 6.03 Å². The van der Waals surface area contributed by atoms with Crippen LogP contribution in [0.25, 0.3) is 0 Å². The predicted octanol–water partition coefficient (Wildman–Crippen LogP) is 6.23. The zero-order valence-corrected chi connectivity index (χ0v) is 19.5. The smallest absolute Gasteiger partial charge is 0.323 e. The number of thioether (sulfide) groups is 1. The van der Waals surface area contributed by atoms with E-state index in [2.05, 4.69) is 51.2 Å². The molecule has 0 aliphatic carbocycles.